The SMILES string of the molecule is CCC1(C)COCCN1C(=O)[C@H]1CCCC(=O)N1. The number of ether oxygens (including phenoxy) is 1. The first-order valence-corrected chi connectivity index (χ1v) is 6.75. The number of morpholine rings is 1. The predicted octanol–water partition coefficient (Wildman–Crippen LogP) is 0.683. The van der Waals surface area contributed by atoms with Gasteiger partial charge in [0, 0.05) is 13.0 Å². The molecule has 0 saturated carbocycles. The molecule has 0 spiro atoms. The van der Waals surface area contributed by atoms with E-state index in [1.807, 2.05) is 4.90 Å². The second-order valence-electron chi connectivity index (χ2n) is 5.41. The van der Waals surface area contributed by atoms with Gasteiger partial charge in [-0.25, -0.2) is 0 Å². The molecule has 2 rings (SSSR count). The summed E-state index contributed by atoms with van der Waals surface area (Å²) in [6.45, 7) is 5.90. The lowest BCUT2D eigenvalue weighted by atomic mass is 9.93. The zero-order chi connectivity index (χ0) is 13.2. The highest BCUT2D eigenvalue weighted by atomic mass is 16.5. The third-order valence-corrected chi connectivity index (χ3v) is 4.08. The number of rotatable bonds is 2. The summed E-state index contributed by atoms with van der Waals surface area (Å²) in [7, 11) is 0. The first-order valence-electron chi connectivity index (χ1n) is 6.75. The highest BCUT2D eigenvalue weighted by molar-refractivity contribution is 5.89. The van der Waals surface area contributed by atoms with Crippen molar-refractivity contribution in [2.75, 3.05) is 19.8 Å². The van der Waals surface area contributed by atoms with Crippen LogP contribution in [0.2, 0.25) is 0 Å². The molecular formula is C13H22N2O3. The number of carbonyl (C=O) groups excluding carboxylic acids is 2. The minimum absolute atomic E-state index is 0.00828. The fourth-order valence-corrected chi connectivity index (χ4v) is 2.64. The Balaban J connectivity index is 2.08. The Kier molecular flexibility index (Phi) is 3.90. The summed E-state index contributed by atoms with van der Waals surface area (Å²) in [5, 5.41) is 2.80. The third-order valence-electron chi connectivity index (χ3n) is 4.08. The normalized spacial score (nSPS) is 33.1. The van der Waals surface area contributed by atoms with Gasteiger partial charge in [-0.2, -0.15) is 0 Å². The Labute approximate surface area is 108 Å². The summed E-state index contributed by atoms with van der Waals surface area (Å²) >= 11 is 0. The van der Waals surface area contributed by atoms with Crippen LogP contribution in [0, 0.1) is 0 Å². The van der Waals surface area contributed by atoms with Gasteiger partial charge in [-0.15, -0.1) is 0 Å². The van der Waals surface area contributed by atoms with Crippen LogP contribution in [0.4, 0.5) is 0 Å². The van der Waals surface area contributed by atoms with E-state index in [9.17, 15) is 9.59 Å². The average molecular weight is 254 g/mol. The van der Waals surface area contributed by atoms with E-state index in [4.69, 9.17) is 4.74 Å². The van der Waals surface area contributed by atoms with Crippen molar-refractivity contribution in [3.63, 3.8) is 0 Å². The Morgan fingerprint density at radius 3 is 3.06 bits per heavy atom. The van der Waals surface area contributed by atoms with Gasteiger partial charge < -0.3 is 15.0 Å². The molecule has 2 amide bonds. The Morgan fingerprint density at radius 1 is 1.61 bits per heavy atom. The summed E-state index contributed by atoms with van der Waals surface area (Å²) in [5.41, 5.74) is -0.239. The second-order valence-corrected chi connectivity index (χ2v) is 5.41. The van der Waals surface area contributed by atoms with Gasteiger partial charge in [-0.05, 0) is 26.2 Å². The van der Waals surface area contributed by atoms with Crippen molar-refractivity contribution in [2.24, 2.45) is 0 Å². The Morgan fingerprint density at radius 2 is 2.39 bits per heavy atom. The highest BCUT2D eigenvalue weighted by Crippen LogP contribution is 2.25. The molecule has 2 atom stereocenters. The quantitative estimate of drug-likeness (QED) is 0.788. The van der Waals surface area contributed by atoms with Gasteiger partial charge in [0.05, 0.1) is 18.8 Å². The number of amides is 2. The molecule has 18 heavy (non-hydrogen) atoms. The number of carbonyl (C=O) groups is 2. The number of hydrogen-bond acceptors (Lipinski definition) is 3. The lowest BCUT2D eigenvalue weighted by Crippen LogP contribution is -2.62. The molecule has 2 aliphatic rings. The average Bonchev–Trinajstić information content (AvgIpc) is 2.38. The molecule has 0 aliphatic carbocycles. The van der Waals surface area contributed by atoms with Crippen LogP contribution < -0.4 is 5.32 Å². The lowest BCUT2D eigenvalue weighted by molar-refractivity contribution is -0.152. The van der Waals surface area contributed by atoms with E-state index in [2.05, 4.69) is 19.2 Å². The van der Waals surface area contributed by atoms with Crippen molar-refractivity contribution >= 4 is 11.8 Å². The standard InChI is InChI=1S/C13H22N2O3/c1-3-13(2)9-18-8-7-15(13)12(17)10-5-4-6-11(16)14-10/h10H,3-9H2,1-2H3,(H,14,16)/t10-,13?/m1/s1. The van der Waals surface area contributed by atoms with Crippen LogP contribution in [0.3, 0.4) is 0 Å². The first kappa shape index (κ1) is 13.3. The predicted molar refractivity (Wildman–Crippen MR) is 67.0 cm³/mol. The number of piperidine rings is 1. The highest BCUT2D eigenvalue weighted by Gasteiger charge is 2.40. The van der Waals surface area contributed by atoms with Crippen molar-refractivity contribution in [1.82, 2.24) is 10.2 Å². The van der Waals surface area contributed by atoms with Crippen molar-refractivity contribution in [3.8, 4) is 0 Å². The van der Waals surface area contributed by atoms with Crippen molar-refractivity contribution in [2.45, 2.75) is 51.1 Å². The van der Waals surface area contributed by atoms with Gasteiger partial charge in [-0.3, -0.25) is 9.59 Å². The van der Waals surface area contributed by atoms with E-state index in [1.54, 1.807) is 0 Å². The fourth-order valence-electron chi connectivity index (χ4n) is 2.64. The summed E-state index contributed by atoms with van der Waals surface area (Å²) in [4.78, 5) is 25.8. The lowest BCUT2D eigenvalue weighted by Gasteiger charge is -2.45. The van der Waals surface area contributed by atoms with E-state index in [-0.39, 0.29) is 23.4 Å². The van der Waals surface area contributed by atoms with Crippen molar-refractivity contribution < 1.29 is 14.3 Å². The van der Waals surface area contributed by atoms with E-state index in [0.717, 1.165) is 19.3 Å². The van der Waals surface area contributed by atoms with Gasteiger partial charge in [0.1, 0.15) is 6.04 Å². The van der Waals surface area contributed by atoms with Crippen LogP contribution in [-0.4, -0.2) is 48.1 Å². The van der Waals surface area contributed by atoms with E-state index in [1.165, 1.54) is 0 Å². The zero-order valence-electron chi connectivity index (χ0n) is 11.2. The largest absolute Gasteiger partial charge is 0.377 e. The summed E-state index contributed by atoms with van der Waals surface area (Å²) in [6, 6.07) is -0.338. The minimum atomic E-state index is -0.338. The monoisotopic (exact) mass is 254 g/mol. The number of nitrogens with zero attached hydrogens (tertiary/aromatic N) is 1. The smallest absolute Gasteiger partial charge is 0.245 e. The molecule has 0 aromatic carbocycles. The molecule has 2 fully saturated rings. The molecule has 5 nitrogen and oxygen atoms in total. The topological polar surface area (TPSA) is 58.6 Å². The second kappa shape index (κ2) is 5.26. The van der Waals surface area contributed by atoms with Crippen molar-refractivity contribution in [3.05, 3.63) is 0 Å². The van der Waals surface area contributed by atoms with Gasteiger partial charge in [0.2, 0.25) is 11.8 Å². The van der Waals surface area contributed by atoms with Crippen LogP contribution in [0.5, 0.6) is 0 Å². The molecule has 2 saturated heterocycles. The Bertz CT molecular complexity index is 345. The van der Waals surface area contributed by atoms with Crippen LogP contribution in [-0.2, 0) is 14.3 Å². The molecule has 2 heterocycles. The maximum absolute atomic E-state index is 12.5. The maximum atomic E-state index is 12.5. The van der Waals surface area contributed by atoms with Crippen molar-refractivity contribution in [1.29, 1.82) is 0 Å². The van der Waals surface area contributed by atoms with E-state index in [0.29, 0.717) is 26.2 Å². The zero-order valence-corrected chi connectivity index (χ0v) is 11.2. The van der Waals surface area contributed by atoms with Gasteiger partial charge >= 0.3 is 0 Å². The molecule has 102 valence electrons. The molecule has 0 aromatic heterocycles. The molecule has 1 N–H and O–H groups in total. The Hall–Kier alpha value is -1.10. The number of nitrogens with one attached hydrogen (secondary N) is 1. The van der Waals surface area contributed by atoms with Crippen LogP contribution in [0.1, 0.15) is 39.5 Å². The van der Waals surface area contributed by atoms with Crippen LogP contribution in [0.25, 0.3) is 0 Å². The van der Waals surface area contributed by atoms with Gasteiger partial charge in [-0.1, -0.05) is 6.92 Å². The third kappa shape index (κ3) is 2.51. The van der Waals surface area contributed by atoms with Gasteiger partial charge in [0.25, 0.3) is 0 Å². The summed E-state index contributed by atoms with van der Waals surface area (Å²) < 4.78 is 5.48. The molecule has 0 radical (unpaired) electrons. The van der Waals surface area contributed by atoms with E-state index >= 15 is 0 Å². The molecule has 0 bridgehead atoms. The molecule has 2 aliphatic heterocycles. The first-order chi connectivity index (χ1) is 8.57. The fraction of sp³-hybridized carbons (Fsp3) is 0.846. The van der Waals surface area contributed by atoms with Crippen LogP contribution in [0.15, 0.2) is 0 Å². The number of hydrogen-bond donors (Lipinski definition) is 1. The molecule has 5 heteroatoms. The molecular weight excluding hydrogens is 232 g/mol. The summed E-state index contributed by atoms with van der Waals surface area (Å²) in [5.74, 6) is 0.0433. The molecule has 1 unspecified atom stereocenters. The maximum Gasteiger partial charge on any atom is 0.245 e. The van der Waals surface area contributed by atoms with Gasteiger partial charge in [0.15, 0.2) is 0 Å². The molecule has 0 aromatic rings. The summed E-state index contributed by atoms with van der Waals surface area (Å²) in [6.07, 6.45) is 2.95. The minimum Gasteiger partial charge on any atom is -0.377 e. The van der Waals surface area contributed by atoms with E-state index < -0.39 is 0 Å². The van der Waals surface area contributed by atoms with Crippen LogP contribution >= 0.6 is 0 Å².